The van der Waals surface area contributed by atoms with E-state index in [1.807, 2.05) is 48.5 Å². The summed E-state index contributed by atoms with van der Waals surface area (Å²) in [6, 6.07) is 15.2. The van der Waals surface area contributed by atoms with Gasteiger partial charge in [0, 0.05) is 23.7 Å². The fraction of sp³-hybridized carbons (Fsp3) is 0.538. The number of benzene rings is 1. The summed E-state index contributed by atoms with van der Waals surface area (Å²) in [4.78, 5) is 17.9. The van der Waals surface area contributed by atoms with E-state index in [-0.39, 0.29) is 18.4 Å². The van der Waals surface area contributed by atoms with Gasteiger partial charge in [0.25, 0.3) is 0 Å². The van der Waals surface area contributed by atoms with Crippen LogP contribution in [0.2, 0.25) is 0 Å². The van der Waals surface area contributed by atoms with Gasteiger partial charge in [0.15, 0.2) is 5.60 Å². The first-order valence-electron chi connectivity index (χ1n) is 11.7. The average Bonchev–Trinajstić information content (AvgIpc) is 3.38. The topological polar surface area (TPSA) is 71.5 Å². The molecule has 0 spiro atoms. The number of hydrogen-bond donors (Lipinski definition) is 2. The lowest BCUT2D eigenvalue weighted by atomic mass is 9.80. The number of carbonyl (C=O) groups excluding carboxylic acids is 1. The Kier molecular flexibility index (Phi) is 7.36. The third kappa shape index (κ3) is 5.16. The van der Waals surface area contributed by atoms with E-state index >= 15 is 0 Å². The number of aromatic nitrogens is 1. The monoisotopic (exact) mass is 422 g/mol. The molecule has 5 nitrogen and oxygen atoms in total. The Labute approximate surface area is 185 Å². The maximum absolute atomic E-state index is 13.4. The Bertz CT molecular complexity index is 817. The SMILES string of the molecule is O=C(OCC(C[C@H]1CCCNC1)c1ccccn1)C(O)(c1ccccc1)C1CCCC1. The molecule has 1 aromatic heterocycles. The van der Waals surface area contributed by atoms with Crippen LogP contribution in [0.5, 0.6) is 0 Å². The summed E-state index contributed by atoms with van der Waals surface area (Å²) < 4.78 is 5.88. The summed E-state index contributed by atoms with van der Waals surface area (Å²) in [6.45, 7) is 2.31. The highest BCUT2D eigenvalue weighted by Gasteiger charge is 2.48. The molecule has 0 amide bonds. The summed E-state index contributed by atoms with van der Waals surface area (Å²) in [7, 11) is 0. The molecule has 5 heteroatoms. The van der Waals surface area contributed by atoms with Crippen LogP contribution >= 0.6 is 0 Å². The third-order valence-electron chi connectivity index (χ3n) is 7.01. The molecule has 1 saturated heterocycles. The molecule has 1 aliphatic carbocycles. The molecule has 1 aliphatic heterocycles. The van der Waals surface area contributed by atoms with E-state index in [0.29, 0.717) is 11.5 Å². The second-order valence-electron chi connectivity index (χ2n) is 9.11. The van der Waals surface area contributed by atoms with Crippen LogP contribution in [0, 0.1) is 11.8 Å². The van der Waals surface area contributed by atoms with Crippen molar-refractivity contribution in [3.8, 4) is 0 Å². The Morgan fingerprint density at radius 2 is 1.87 bits per heavy atom. The molecule has 2 N–H and O–H groups in total. The lowest BCUT2D eigenvalue weighted by Crippen LogP contribution is -2.44. The van der Waals surface area contributed by atoms with Crippen LogP contribution in [0.1, 0.15) is 62.1 Å². The maximum atomic E-state index is 13.4. The Balaban J connectivity index is 1.51. The largest absolute Gasteiger partial charge is 0.463 e. The number of nitrogens with zero attached hydrogens (tertiary/aromatic N) is 1. The average molecular weight is 423 g/mol. The van der Waals surface area contributed by atoms with Crippen molar-refractivity contribution < 1.29 is 14.6 Å². The van der Waals surface area contributed by atoms with Crippen molar-refractivity contribution in [1.29, 1.82) is 0 Å². The summed E-state index contributed by atoms with van der Waals surface area (Å²) in [5.74, 6) is -0.0486. The molecular formula is C26H34N2O3. The fourth-order valence-corrected chi connectivity index (χ4v) is 5.26. The number of hydrogen-bond acceptors (Lipinski definition) is 5. The van der Waals surface area contributed by atoms with Crippen molar-refractivity contribution in [2.45, 2.75) is 56.5 Å². The Morgan fingerprint density at radius 3 is 2.55 bits per heavy atom. The Hall–Kier alpha value is -2.24. The van der Waals surface area contributed by atoms with Crippen molar-refractivity contribution in [1.82, 2.24) is 10.3 Å². The number of nitrogens with one attached hydrogen (secondary N) is 1. The van der Waals surface area contributed by atoms with E-state index in [0.717, 1.165) is 50.9 Å². The second kappa shape index (κ2) is 10.4. The number of esters is 1. The number of ether oxygens (including phenoxy) is 1. The predicted molar refractivity (Wildman–Crippen MR) is 120 cm³/mol. The number of piperidine rings is 1. The molecule has 2 aromatic rings. The van der Waals surface area contributed by atoms with Gasteiger partial charge >= 0.3 is 5.97 Å². The van der Waals surface area contributed by atoms with Gasteiger partial charge in [0.05, 0.1) is 6.61 Å². The molecule has 1 saturated carbocycles. The van der Waals surface area contributed by atoms with Crippen LogP contribution in [0.25, 0.3) is 0 Å². The van der Waals surface area contributed by atoms with Crippen LogP contribution in [0.15, 0.2) is 54.7 Å². The van der Waals surface area contributed by atoms with Crippen LogP contribution in [0.3, 0.4) is 0 Å². The first-order chi connectivity index (χ1) is 15.2. The van der Waals surface area contributed by atoms with Gasteiger partial charge in [0.2, 0.25) is 0 Å². The molecular weight excluding hydrogens is 388 g/mol. The van der Waals surface area contributed by atoms with Gasteiger partial charge in [-0.2, -0.15) is 0 Å². The van der Waals surface area contributed by atoms with E-state index in [1.54, 1.807) is 6.20 Å². The maximum Gasteiger partial charge on any atom is 0.343 e. The van der Waals surface area contributed by atoms with Crippen molar-refractivity contribution in [2.75, 3.05) is 19.7 Å². The molecule has 0 radical (unpaired) electrons. The van der Waals surface area contributed by atoms with Crippen molar-refractivity contribution in [3.05, 3.63) is 66.0 Å². The lowest BCUT2D eigenvalue weighted by molar-refractivity contribution is -0.174. The van der Waals surface area contributed by atoms with E-state index in [1.165, 1.54) is 12.8 Å². The Morgan fingerprint density at radius 1 is 1.10 bits per heavy atom. The number of carbonyl (C=O) groups is 1. The molecule has 0 bridgehead atoms. The molecule has 2 unspecified atom stereocenters. The molecule has 2 heterocycles. The normalized spacial score (nSPS) is 22.5. The third-order valence-corrected chi connectivity index (χ3v) is 7.01. The van der Waals surface area contributed by atoms with Crippen molar-refractivity contribution in [3.63, 3.8) is 0 Å². The molecule has 2 aliphatic rings. The van der Waals surface area contributed by atoms with Crippen LogP contribution in [0.4, 0.5) is 0 Å². The second-order valence-corrected chi connectivity index (χ2v) is 9.11. The van der Waals surface area contributed by atoms with Gasteiger partial charge in [-0.05, 0) is 68.8 Å². The van der Waals surface area contributed by atoms with Crippen LogP contribution < -0.4 is 5.32 Å². The van der Waals surface area contributed by atoms with Crippen LogP contribution in [-0.4, -0.2) is 35.8 Å². The number of aliphatic hydroxyl groups is 1. The molecule has 4 rings (SSSR count). The lowest BCUT2D eigenvalue weighted by Gasteiger charge is -2.33. The highest BCUT2D eigenvalue weighted by Crippen LogP contribution is 2.41. The quantitative estimate of drug-likeness (QED) is 0.625. The summed E-state index contributed by atoms with van der Waals surface area (Å²) in [5.41, 5.74) is 0.00138. The van der Waals surface area contributed by atoms with E-state index in [9.17, 15) is 9.90 Å². The van der Waals surface area contributed by atoms with Crippen LogP contribution in [-0.2, 0) is 15.1 Å². The molecule has 31 heavy (non-hydrogen) atoms. The number of pyridine rings is 1. The zero-order chi connectivity index (χ0) is 21.5. The molecule has 3 atom stereocenters. The number of rotatable bonds is 8. The first-order valence-corrected chi connectivity index (χ1v) is 11.7. The van der Waals surface area contributed by atoms with Gasteiger partial charge < -0.3 is 15.2 Å². The summed E-state index contributed by atoms with van der Waals surface area (Å²) in [6.07, 6.45) is 8.84. The zero-order valence-electron chi connectivity index (χ0n) is 18.2. The van der Waals surface area contributed by atoms with E-state index < -0.39 is 11.6 Å². The fourth-order valence-electron chi connectivity index (χ4n) is 5.26. The van der Waals surface area contributed by atoms with E-state index in [4.69, 9.17) is 4.74 Å². The minimum Gasteiger partial charge on any atom is -0.463 e. The van der Waals surface area contributed by atoms with Gasteiger partial charge in [-0.25, -0.2) is 4.79 Å². The minimum atomic E-state index is -1.58. The molecule has 166 valence electrons. The van der Waals surface area contributed by atoms with Crippen molar-refractivity contribution >= 4 is 5.97 Å². The van der Waals surface area contributed by atoms with Gasteiger partial charge in [-0.15, -0.1) is 0 Å². The zero-order valence-corrected chi connectivity index (χ0v) is 18.2. The highest BCUT2D eigenvalue weighted by atomic mass is 16.5. The van der Waals surface area contributed by atoms with Gasteiger partial charge in [-0.1, -0.05) is 49.2 Å². The van der Waals surface area contributed by atoms with Gasteiger partial charge in [-0.3, -0.25) is 4.98 Å². The van der Waals surface area contributed by atoms with E-state index in [2.05, 4.69) is 10.3 Å². The highest BCUT2D eigenvalue weighted by molar-refractivity contribution is 5.81. The summed E-state index contributed by atoms with van der Waals surface area (Å²) in [5, 5.41) is 15.1. The molecule has 2 fully saturated rings. The van der Waals surface area contributed by atoms with Gasteiger partial charge in [0.1, 0.15) is 0 Å². The standard InChI is InChI=1S/C26H34N2O3/c29-25(26(30,23-12-4-5-13-23)22-10-2-1-3-11-22)31-19-21(24-14-6-7-16-28-24)17-20-9-8-15-27-18-20/h1-3,6-7,10-11,14,16,20-21,23,27,30H,4-5,8-9,12-13,15,17-19H2/t20-,21?,26?/m1/s1. The predicted octanol–water partition coefficient (Wildman–Crippen LogP) is 4.18. The first kappa shape index (κ1) is 22.0. The smallest absolute Gasteiger partial charge is 0.343 e. The minimum absolute atomic E-state index is 0.0265. The molecule has 1 aromatic carbocycles. The summed E-state index contributed by atoms with van der Waals surface area (Å²) >= 11 is 0. The van der Waals surface area contributed by atoms with Crippen molar-refractivity contribution in [2.24, 2.45) is 11.8 Å².